The number of nitrogens with two attached hydrogens (primary N) is 1. The van der Waals surface area contributed by atoms with Crippen LogP contribution in [0.4, 0.5) is 0 Å². The Bertz CT molecular complexity index is 398. The van der Waals surface area contributed by atoms with Gasteiger partial charge in [-0.3, -0.25) is 4.90 Å². The van der Waals surface area contributed by atoms with E-state index in [-0.39, 0.29) is 5.41 Å². The smallest absolute Gasteiger partial charge is 0.165 e. The summed E-state index contributed by atoms with van der Waals surface area (Å²) in [5, 5.41) is 12.0. The topological polar surface area (TPSA) is 72.9 Å². The normalized spacial score (nSPS) is 30.0. The predicted octanol–water partition coefficient (Wildman–Crippen LogP) is 0.179. The third-order valence-electron chi connectivity index (χ3n) is 3.95. The average Bonchev–Trinajstić information content (AvgIpc) is 2.96. The first-order chi connectivity index (χ1) is 8.20. The number of nitrogens with zero attached hydrogens (tertiary/aromatic N) is 5. The molecule has 0 bridgehead atoms. The molecule has 1 aliphatic carbocycles. The highest BCUT2D eigenvalue weighted by Crippen LogP contribution is 2.35. The van der Waals surface area contributed by atoms with E-state index in [2.05, 4.69) is 27.3 Å². The van der Waals surface area contributed by atoms with E-state index >= 15 is 0 Å². The van der Waals surface area contributed by atoms with Gasteiger partial charge in [0.05, 0.1) is 12.6 Å². The van der Waals surface area contributed by atoms with E-state index in [4.69, 9.17) is 5.73 Å². The average molecular weight is 236 g/mol. The Labute approximate surface area is 101 Å². The summed E-state index contributed by atoms with van der Waals surface area (Å²) >= 11 is 0. The fourth-order valence-corrected chi connectivity index (χ4v) is 2.55. The number of hydrogen-bond donors (Lipinski definition) is 1. The molecule has 0 amide bonds. The molecule has 17 heavy (non-hydrogen) atoms. The van der Waals surface area contributed by atoms with Crippen molar-refractivity contribution < 1.29 is 0 Å². The molecule has 1 aliphatic heterocycles. The van der Waals surface area contributed by atoms with Crippen LogP contribution in [0.5, 0.6) is 0 Å². The van der Waals surface area contributed by atoms with Crippen molar-refractivity contribution in [2.45, 2.75) is 38.8 Å². The highest BCUT2D eigenvalue weighted by Gasteiger charge is 2.34. The third-order valence-corrected chi connectivity index (χ3v) is 3.95. The Hall–Kier alpha value is -1.01. The van der Waals surface area contributed by atoms with Crippen LogP contribution in [0.1, 0.15) is 38.1 Å². The molecule has 6 heteroatoms. The SMILES string of the molecule is CC1(CN)CCN(Cc2nnnn2C2CC2)C1. The Morgan fingerprint density at radius 2 is 2.29 bits per heavy atom. The zero-order valence-electron chi connectivity index (χ0n) is 10.3. The molecule has 2 fully saturated rings. The van der Waals surface area contributed by atoms with Crippen LogP contribution >= 0.6 is 0 Å². The lowest BCUT2D eigenvalue weighted by Crippen LogP contribution is -2.31. The number of likely N-dealkylation sites (tertiary alicyclic amines) is 1. The monoisotopic (exact) mass is 236 g/mol. The van der Waals surface area contributed by atoms with Crippen LogP contribution in [0.25, 0.3) is 0 Å². The highest BCUT2D eigenvalue weighted by molar-refractivity contribution is 4.94. The standard InChI is InChI=1S/C11H20N6/c1-11(7-12)4-5-16(8-11)6-10-13-14-15-17(10)9-2-3-9/h9H,2-8,12H2,1H3. The maximum absolute atomic E-state index is 5.82. The number of hydrogen-bond acceptors (Lipinski definition) is 5. The molecule has 0 aromatic carbocycles. The van der Waals surface area contributed by atoms with Crippen LogP contribution in [0.3, 0.4) is 0 Å². The number of tetrazole rings is 1. The summed E-state index contributed by atoms with van der Waals surface area (Å²) in [5.41, 5.74) is 6.10. The molecule has 2 heterocycles. The molecular weight excluding hydrogens is 216 g/mol. The predicted molar refractivity (Wildman–Crippen MR) is 63.1 cm³/mol. The number of aromatic nitrogens is 4. The fraction of sp³-hybridized carbons (Fsp3) is 0.909. The van der Waals surface area contributed by atoms with Crippen LogP contribution in [-0.4, -0.2) is 44.7 Å². The zero-order valence-corrected chi connectivity index (χ0v) is 10.3. The fourth-order valence-electron chi connectivity index (χ4n) is 2.55. The summed E-state index contributed by atoms with van der Waals surface area (Å²) in [6, 6.07) is 0.559. The molecule has 3 rings (SSSR count). The summed E-state index contributed by atoms with van der Waals surface area (Å²) in [5.74, 6) is 1.01. The van der Waals surface area contributed by atoms with Gasteiger partial charge < -0.3 is 5.73 Å². The van der Waals surface area contributed by atoms with Gasteiger partial charge in [-0.2, -0.15) is 0 Å². The van der Waals surface area contributed by atoms with E-state index in [0.717, 1.165) is 32.0 Å². The maximum atomic E-state index is 5.82. The van der Waals surface area contributed by atoms with Crippen molar-refractivity contribution in [3.63, 3.8) is 0 Å². The molecule has 1 saturated heterocycles. The molecule has 1 atom stereocenters. The lowest BCUT2D eigenvalue weighted by Gasteiger charge is -2.22. The van der Waals surface area contributed by atoms with Crippen molar-refractivity contribution in [2.75, 3.05) is 19.6 Å². The van der Waals surface area contributed by atoms with Gasteiger partial charge >= 0.3 is 0 Å². The largest absolute Gasteiger partial charge is 0.330 e. The molecule has 94 valence electrons. The van der Waals surface area contributed by atoms with Crippen molar-refractivity contribution in [3.05, 3.63) is 5.82 Å². The van der Waals surface area contributed by atoms with Crippen LogP contribution < -0.4 is 5.73 Å². The van der Waals surface area contributed by atoms with Crippen LogP contribution in [0.15, 0.2) is 0 Å². The molecule has 1 unspecified atom stereocenters. The Morgan fingerprint density at radius 1 is 1.47 bits per heavy atom. The number of rotatable bonds is 4. The highest BCUT2D eigenvalue weighted by atomic mass is 15.6. The summed E-state index contributed by atoms with van der Waals surface area (Å²) in [4.78, 5) is 2.41. The summed E-state index contributed by atoms with van der Waals surface area (Å²) < 4.78 is 2.00. The van der Waals surface area contributed by atoms with E-state index in [1.54, 1.807) is 0 Å². The first kappa shape index (κ1) is 11.1. The minimum atomic E-state index is 0.276. The van der Waals surface area contributed by atoms with Gasteiger partial charge in [-0.1, -0.05) is 6.92 Å². The first-order valence-corrected chi connectivity index (χ1v) is 6.39. The van der Waals surface area contributed by atoms with Crippen molar-refractivity contribution in [2.24, 2.45) is 11.1 Å². The van der Waals surface area contributed by atoms with E-state index in [1.807, 2.05) is 4.68 Å². The molecular formula is C11H20N6. The van der Waals surface area contributed by atoms with E-state index in [0.29, 0.717) is 6.04 Å². The summed E-state index contributed by atoms with van der Waals surface area (Å²) in [6.07, 6.45) is 3.62. The zero-order chi connectivity index (χ0) is 11.9. The quantitative estimate of drug-likeness (QED) is 0.807. The molecule has 1 aromatic heterocycles. The third kappa shape index (κ3) is 2.19. The summed E-state index contributed by atoms with van der Waals surface area (Å²) in [7, 11) is 0. The molecule has 1 aromatic rings. The molecule has 0 radical (unpaired) electrons. The maximum Gasteiger partial charge on any atom is 0.165 e. The lowest BCUT2D eigenvalue weighted by atomic mass is 9.90. The van der Waals surface area contributed by atoms with E-state index in [1.165, 1.54) is 19.3 Å². The molecule has 6 nitrogen and oxygen atoms in total. The van der Waals surface area contributed by atoms with Crippen LogP contribution in [0.2, 0.25) is 0 Å². The minimum Gasteiger partial charge on any atom is -0.330 e. The Balaban J connectivity index is 1.65. The molecule has 0 spiro atoms. The van der Waals surface area contributed by atoms with Crippen molar-refractivity contribution >= 4 is 0 Å². The van der Waals surface area contributed by atoms with Gasteiger partial charge in [-0.15, -0.1) is 5.10 Å². The Kier molecular flexibility index (Phi) is 2.63. The minimum absolute atomic E-state index is 0.276. The second-order valence-electron chi connectivity index (χ2n) is 5.75. The van der Waals surface area contributed by atoms with Crippen LogP contribution in [-0.2, 0) is 6.54 Å². The van der Waals surface area contributed by atoms with E-state index < -0.39 is 0 Å². The molecule has 2 aliphatic rings. The van der Waals surface area contributed by atoms with Gasteiger partial charge in [0.15, 0.2) is 5.82 Å². The van der Waals surface area contributed by atoms with Crippen LogP contribution in [0, 0.1) is 5.41 Å². The van der Waals surface area contributed by atoms with Gasteiger partial charge in [0.1, 0.15) is 0 Å². The first-order valence-electron chi connectivity index (χ1n) is 6.39. The van der Waals surface area contributed by atoms with Gasteiger partial charge in [0.25, 0.3) is 0 Å². The second-order valence-corrected chi connectivity index (χ2v) is 5.75. The van der Waals surface area contributed by atoms with Crippen molar-refractivity contribution in [1.82, 2.24) is 25.1 Å². The van der Waals surface area contributed by atoms with Gasteiger partial charge in [-0.05, 0) is 48.2 Å². The second kappa shape index (κ2) is 4.03. The van der Waals surface area contributed by atoms with Crippen molar-refractivity contribution in [1.29, 1.82) is 0 Å². The lowest BCUT2D eigenvalue weighted by molar-refractivity contribution is 0.264. The molecule has 1 saturated carbocycles. The van der Waals surface area contributed by atoms with E-state index in [9.17, 15) is 0 Å². The summed E-state index contributed by atoms with van der Waals surface area (Å²) in [6.45, 7) is 6.04. The van der Waals surface area contributed by atoms with Crippen molar-refractivity contribution in [3.8, 4) is 0 Å². The van der Waals surface area contributed by atoms with Gasteiger partial charge in [-0.25, -0.2) is 4.68 Å². The van der Waals surface area contributed by atoms with Gasteiger partial charge in [0.2, 0.25) is 0 Å². The van der Waals surface area contributed by atoms with Gasteiger partial charge in [0, 0.05) is 6.54 Å². The molecule has 2 N–H and O–H groups in total. The Morgan fingerprint density at radius 3 is 2.94 bits per heavy atom.